The molecule has 3 nitrogen and oxygen atoms in total. The van der Waals surface area contributed by atoms with E-state index in [1.165, 1.54) is 6.08 Å². The summed E-state index contributed by atoms with van der Waals surface area (Å²) in [6, 6.07) is 0. The van der Waals surface area contributed by atoms with Gasteiger partial charge in [-0.15, -0.1) is 0 Å². The van der Waals surface area contributed by atoms with Gasteiger partial charge in [0.1, 0.15) is 0 Å². The molecule has 1 rings (SSSR count). The zero-order valence-corrected chi connectivity index (χ0v) is 9.54. The summed E-state index contributed by atoms with van der Waals surface area (Å²) < 4.78 is 10.8. The van der Waals surface area contributed by atoms with E-state index >= 15 is 0 Å². The van der Waals surface area contributed by atoms with Crippen LogP contribution in [0.3, 0.4) is 0 Å². The smallest absolute Gasteiger partial charge is 0.233 e. The second-order valence-corrected chi connectivity index (χ2v) is 4.17. The summed E-state index contributed by atoms with van der Waals surface area (Å²) in [5.41, 5.74) is 6.45. The summed E-state index contributed by atoms with van der Waals surface area (Å²) in [5, 5.41) is -0.368. The summed E-state index contributed by atoms with van der Waals surface area (Å²) >= 11 is 11.3. The molecule has 1 aliphatic rings. The van der Waals surface area contributed by atoms with Crippen LogP contribution in [0.4, 0.5) is 0 Å². The Bertz CT molecular complexity index is 408. The minimum Gasteiger partial charge on any atom is -0.397 e. The fourth-order valence-electron chi connectivity index (χ4n) is 1.14. The van der Waals surface area contributed by atoms with Crippen LogP contribution in [0.5, 0.6) is 0 Å². The van der Waals surface area contributed by atoms with E-state index in [9.17, 15) is 9.00 Å². The van der Waals surface area contributed by atoms with Crippen molar-refractivity contribution in [1.82, 2.24) is 0 Å². The molecule has 1 atom stereocenters. The molecule has 0 radical (unpaired) electrons. The highest BCUT2D eigenvalue weighted by molar-refractivity contribution is 7.67. The maximum Gasteiger partial charge on any atom is 0.233 e. The molecule has 0 spiro atoms. The van der Waals surface area contributed by atoms with Crippen molar-refractivity contribution in [3.8, 4) is 0 Å². The Labute approximate surface area is 94.6 Å². The van der Waals surface area contributed by atoms with E-state index in [0.29, 0.717) is 16.1 Å². The first-order valence-corrected chi connectivity index (χ1v) is 5.19. The molecular formula is C8H7Cl2NO2S. The lowest BCUT2D eigenvalue weighted by atomic mass is 9.94. The monoisotopic (exact) mass is 251 g/mol. The molecule has 0 amide bonds. The highest BCUT2D eigenvalue weighted by atomic mass is 35.5. The average Bonchev–Trinajstić information content (AvgIpc) is 2.13. The van der Waals surface area contributed by atoms with Gasteiger partial charge in [0.05, 0.1) is 32.8 Å². The summed E-state index contributed by atoms with van der Waals surface area (Å²) in [6.45, 7) is 1.64. The van der Waals surface area contributed by atoms with Crippen molar-refractivity contribution in [1.29, 1.82) is 0 Å². The summed E-state index contributed by atoms with van der Waals surface area (Å²) in [6.07, 6.45) is 1.39. The predicted octanol–water partition coefficient (Wildman–Crippen LogP) is 1.12. The van der Waals surface area contributed by atoms with E-state index in [0.717, 1.165) is 0 Å². The maximum absolute atomic E-state index is 11.0. The average molecular weight is 252 g/mol. The first-order valence-electron chi connectivity index (χ1n) is 3.69. The van der Waals surface area contributed by atoms with Crippen molar-refractivity contribution in [2.75, 3.05) is 0 Å². The summed E-state index contributed by atoms with van der Waals surface area (Å²) in [5.74, 6) is -0.765. The Hall–Kier alpha value is -0.580. The minimum atomic E-state index is -0.765. The van der Waals surface area contributed by atoms with Crippen LogP contribution >= 0.6 is 23.2 Å². The highest BCUT2D eigenvalue weighted by Crippen LogP contribution is 2.27. The Morgan fingerprint density at radius 2 is 2.21 bits per heavy atom. The number of carbonyl (C=O) groups excluding carboxylic acids is 1. The van der Waals surface area contributed by atoms with E-state index < -0.39 is 11.2 Å². The van der Waals surface area contributed by atoms with Crippen molar-refractivity contribution >= 4 is 44.6 Å². The molecule has 0 saturated carbocycles. The van der Waals surface area contributed by atoms with Gasteiger partial charge in [0.25, 0.3) is 0 Å². The molecule has 6 heteroatoms. The molecule has 1 unspecified atom stereocenters. The third-order valence-corrected chi connectivity index (χ3v) is 3.27. The molecule has 14 heavy (non-hydrogen) atoms. The van der Waals surface area contributed by atoms with Crippen LogP contribution in [0.1, 0.15) is 6.92 Å². The number of hydrogen-bond donors (Lipinski definition) is 1. The third-order valence-electron chi connectivity index (χ3n) is 1.96. The van der Waals surface area contributed by atoms with Gasteiger partial charge in [-0.3, -0.25) is 4.79 Å². The molecule has 0 aromatic heterocycles. The van der Waals surface area contributed by atoms with Crippen molar-refractivity contribution in [2.45, 2.75) is 6.92 Å². The van der Waals surface area contributed by atoms with E-state index in [1.54, 1.807) is 6.92 Å². The van der Waals surface area contributed by atoms with Crippen LogP contribution in [0.25, 0.3) is 0 Å². The fraction of sp³-hybridized carbons (Fsp3) is 0.250. The van der Waals surface area contributed by atoms with Gasteiger partial charge in [0, 0.05) is 0 Å². The van der Waals surface area contributed by atoms with Gasteiger partial charge in [0.15, 0.2) is 0 Å². The lowest BCUT2D eigenvalue weighted by Gasteiger charge is -2.18. The molecule has 0 aromatic carbocycles. The number of hydrogen-bond acceptors (Lipinski definition) is 3. The normalized spacial score (nSPS) is 22.1. The zero-order chi connectivity index (χ0) is 10.9. The Morgan fingerprint density at radius 3 is 2.64 bits per heavy atom. The van der Waals surface area contributed by atoms with Crippen LogP contribution in [0.2, 0.25) is 0 Å². The molecule has 0 heterocycles. The van der Waals surface area contributed by atoms with Crippen molar-refractivity contribution in [3.05, 3.63) is 22.4 Å². The molecule has 0 aromatic rings. The van der Waals surface area contributed by atoms with Gasteiger partial charge in [-0.25, -0.2) is 4.21 Å². The first-order chi connectivity index (χ1) is 6.49. The Balaban J connectivity index is 3.32. The van der Waals surface area contributed by atoms with Gasteiger partial charge >= 0.3 is 0 Å². The minimum absolute atomic E-state index is 0.216. The molecule has 0 aliphatic heterocycles. The summed E-state index contributed by atoms with van der Waals surface area (Å²) in [4.78, 5) is 11.3. The Morgan fingerprint density at radius 1 is 1.64 bits per heavy atom. The van der Waals surface area contributed by atoms with Crippen molar-refractivity contribution in [3.63, 3.8) is 0 Å². The van der Waals surface area contributed by atoms with Crippen molar-refractivity contribution in [2.24, 2.45) is 11.7 Å². The quantitative estimate of drug-likeness (QED) is 0.562. The SMILES string of the molecule is CC1=C(N)C(Cl)=CC(C(=O)Cl)C1=S=O. The second-order valence-electron chi connectivity index (χ2n) is 2.78. The molecule has 1 aliphatic carbocycles. The standard InChI is InChI=1S/C8H7Cl2NO2S/c1-3-6(11)5(9)2-4(8(10)12)7(3)14-13/h2,4H,11H2,1H3. The van der Waals surface area contributed by atoms with E-state index in [4.69, 9.17) is 28.9 Å². The lowest BCUT2D eigenvalue weighted by Crippen LogP contribution is -2.26. The maximum atomic E-state index is 11.0. The van der Waals surface area contributed by atoms with Crippen LogP contribution in [0.15, 0.2) is 22.4 Å². The molecule has 2 N–H and O–H groups in total. The fourth-order valence-corrected chi connectivity index (χ4v) is 2.16. The largest absolute Gasteiger partial charge is 0.397 e. The zero-order valence-electron chi connectivity index (χ0n) is 7.21. The number of carbonyl (C=O) groups is 1. The van der Waals surface area contributed by atoms with E-state index in [-0.39, 0.29) is 16.3 Å². The van der Waals surface area contributed by atoms with Gasteiger partial charge in [-0.05, 0) is 30.2 Å². The number of halogens is 2. The van der Waals surface area contributed by atoms with E-state index in [1.807, 2.05) is 0 Å². The number of allylic oxidation sites excluding steroid dienone is 3. The first kappa shape index (κ1) is 11.5. The lowest BCUT2D eigenvalue weighted by molar-refractivity contribution is -0.112. The molecular weight excluding hydrogens is 245 g/mol. The van der Waals surface area contributed by atoms with Crippen LogP contribution in [-0.2, 0) is 16.1 Å². The van der Waals surface area contributed by atoms with Crippen LogP contribution in [0, 0.1) is 5.92 Å². The Kier molecular flexibility index (Phi) is 3.53. The van der Waals surface area contributed by atoms with E-state index in [2.05, 4.69) is 0 Å². The predicted molar refractivity (Wildman–Crippen MR) is 58.3 cm³/mol. The number of nitrogens with two attached hydrogens (primary N) is 1. The molecule has 0 saturated heterocycles. The van der Waals surface area contributed by atoms with Gasteiger partial charge in [-0.1, -0.05) is 11.6 Å². The topological polar surface area (TPSA) is 60.2 Å². The molecule has 0 fully saturated rings. The van der Waals surface area contributed by atoms with Gasteiger partial charge in [-0.2, -0.15) is 0 Å². The van der Waals surface area contributed by atoms with Crippen LogP contribution in [-0.4, -0.2) is 14.3 Å². The molecule has 76 valence electrons. The second kappa shape index (κ2) is 4.29. The molecule has 0 bridgehead atoms. The number of rotatable bonds is 1. The van der Waals surface area contributed by atoms with Crippen LogP contribution < -0.4 is 5.73 Å². The third kappa shape index (κ3) is 1.92. The van der Waals surface area contributed by atoms with Gasteiger partial charge in [0.2, 0.25) is 5.24 Å². The van der Waals surface area contributed by atoms with Gasteiger partial charge < -0.3 is 5.73 Å². The summed E-state index contributed by atoms with van der Waals surface area (Å²) in [7, 11) is 0. The highest BCUT2D eigenvalue weighted by Gasteiger charge is 2.28. The van der Waals surface area contributed by atoms with Crippen molar-refractivity contribution < 1.29 is 9.00 Å².